The summed E-state index contributed by atoms with van der Waals surface area (Å²) in [4.78, 5) is 56.0. The lowest BCUT2D eigenvalue weighted by Crippen LogP contribution is -2.30. The zero-order valence-corrected chi connectivity index (χ0v) is 36.6. The maximum absolute atomic E-state index is 13.9. The zero-order valence-electron chi connectivity index (χ0n) is 35.8. The van der Waals surface area contributed by atoms with E-state index in [1.807, 2.05) is 24.3 Å². The lowest BCUT2D eigenvalue weighted by Gasteiger charge is -2.27. The van der Waals surface area contributed by atoms with E-state index in [-0.39, 0.29) is 29.3 Å². The molecule has 6 rings (SSSR count). The second-order valence-electron chi connectivity index (χ2n) is 15.9. The van der Waals surface area contributed by atoms with Gasteiger partial charge in [-0.05, 0) is 132 Å². The van der Waals surface area contributed by atoms with Gasteiger partial charge in [0.1, 0.15) is 23.4 Å². The van der Waals surface area contributed by atoms with E-state index in [0.717, 1.165) is 74.1 Å². The van der Waals surface area contributed by atoms with Crippen LogP contribution in [0.25, 0.3) is 10.2 Å². The number of rotatable bonds is 22. The van der Waals surface area contributed by atoms with Crippen LogP contribution in [0.15, 0.2) is 84.5 Å². The molecule has 14 heteroatoms. The number of carbonyl (C=O) groups excluding carboxylic acids is 4. The number of hydrogen-bond donors (Lipinski definition) is 0. The van der Waals surface area contributed by atoms with Gasteiger partial charge >= 0.3 is 23.9 Å². The standard InChI is InChI=1S/C49H56N4O9S/c1-2-45(54)59-32-14-4-3-13-31-58-38-23-25-40(26-24-38)60-47(56)36-19-21-39(22-20-36)61-48(57)42-28-27-41(62-46(55)35-15-7-5-8-16-35)33-37(42)34-51-53(30-12-6-11-29-50)49-52-43-17-9-10-18-44(43)63-49/h2,9-10,17-18,23-28,33-36,39H,1,3-8,11-16,19-22,30-32H2/b51-34+. The van der Waals surface area contributed by atoms with Crippen molar-refractivity contribution in [3.8, 4) is 23.3 Å². The maximum Gasteiger partial charge on any atom is 0.339 e. The van der Waals surface area contributed by atoms with E-state index < -0.39 is 18.0 Å². The van der Waals surface area contributed by atoms with Gasteiger partial charge < -0.3 is 23.7 Å². The average molecular weight is 877 g/mol. The Hall–Kier alpha value is -6.07. The van der Waals surface area contributed by atoms with Crippen LogP contribution >= 0.6 is 11.3 Å². The first kappa shape index (κ1) is 46.4. The molecule has 1 heterocycles. The highest BCUT2D eigenvalue weighted by atomic mass is 32.1. The van der Waals surface area contributed by atoms with Gasteiger partial charge in [-0.2, -0.15) is 10.4 Å². The quantitative estimate of drug-likeness (QED) is 0.0183. The average Bonchev–Trinajstić information content (AvgIpc) is 3.75. The highest BCUT2D eigenvalue weighted by Crippen LogP contribution is 2.32. The highest BCUT2D eigenvalue weighted by Gasteiger charge is 2.31. The summed E-state index contributed by atoms with van der Waals surface area (Å²) in [5.41, 5.74) is 1.54. The van der Waals surface area contributed by atoms with Crippen molar-refractivity contribution in [2.24, 2.45) is 16.9 Å². The van der Waals surface area contributed by atoms with Crippen molar-refractivity contribution in [3.63, 3.8) is 0 Å². The number of hydrogen-bond acceptors (Lipinski definition) is 14. The van der Waals surface area contributed by atoms with Crippen molar-refractivity contribution in [1.29, 1.82) is 5.26 Å². The first-order chi connectivity index (χ1) is 30.8. The van der Waals surface area contributed by atoms with Gasteiger partial charge in [-0.1, -0.05) is 49.3 Å². The molecule has 4 aromatic rings. The first-order valence-electron chi connectivity index (χ1n) is 22.1. The van der Waals surface area contributed by atoms with Gasteiger partial charge in [-0.15, -0.1) is 0 Å². The summed E-state index contributed by atoms with van der Waals surface area (Å²) in [6.07, 6.45) is 14.4. The molecule has 0 saturated heterocycles. The van der Waals surface area contributed by atoms with Crippen LogP contribution in [0.2, 0.25) is 0 Å². The predicted octanol–water partition coefficient (Wildman–Crippen LogP) is 10.3. The van der Waals surface area contributed by atoms with Gasteiger partial charge in [0.25, 0.3) is 0 Å². The molecule has 0 N–H and O–H groups in total. The van der Waals surface area contributed by atoms with Crippen molar-refractivity contribution in [1.82, 2.24) is 4.98 Å². The molecule has 1 aromatic heterocycles. The number of carbonyl (C=O) groups is 4. The Morgan fingerprint density at radius 2 is 1.48 bits per heavy atom. The van der Waals surface area contributed by atoms with Crippen LogP contribution in [0.4, 0.5) is 5.13 Å². The van der Waals surface area contributed by atoms with Crippen LogP contribution in [0.3, 0.4) is 0 Å². The summed E-state index contributed by atoms with van der Waals surface area (Å²) < 4.78 is 29.4. The second kappa shape index (κ2) is 24.5. The fourth-order valence-corrected chi connectivity index (χ4v) is 8.57. The summed E-state index contributed by atoms with van der Waals surface area (Å²) in [6.45, 7) is 4.81. The number of nitrogens with zero attached hydrogens (tertiary/aromatic N) is 4. The van der Waals surface area contributed by atoms with E-state index in [9.17, 15) is 19.2 Å². The minimum Gasteiger partial charge on any atom is -0.494 e. The molecule has 3 aromatic carbocycles. The van der Waals surface area contributed by atoms with Gasteiger partial charge in [0.15, 0.2) is 0 Å². The Balaban J connectivity index is 1.04. The van der Waals surface area contributed by atoms with Crippen molar-refractivity contribution in [2.75, 3.05) is 24.8 Å². The third kappa shape index (κ3) is 14.5. The molecule has 332 valence electrons. The monoisotopic (exact) mass is 876 g/mol. The summed E-state index contributed by atoms with van der Waals surface area (Å²) in [5, 5.41) is 16.4. The SMILES string of the molecule is C=CC(=O)OCCCCCCOc1ccc(OC(=O)C2CCC(OC(=O)c3ccc(OC(=O)C4CCCCC4)cc3/C=N/N(CCCCC#N)c3nc4ccccc4s3)CC2)cc1. The molecule has 2 aliphatic rings. The number of anilines is 1. The number of esters is 4. The molecule has 2 aliphatic carbocycles. The van der Waals surface area contributed by atoms with Crippen LogP contribution in [-0.4, -0.2) is 60.9 Å². The highest BCUT2D eigenvalue weighted by molar-refractivity contribution is 7.22. The molecule has 63 heavy (non-hydrogen) atoms. The lowest BCUT2D eigenvalue weighted by atomic mass is 9.87. The number of benzene rings is 3. The van der Waals surface area contributed by atoms with Crippen LogP contribution in [0, 0.1) is 23.2 Å². The molecular formula is C49H56N4O9S. The third-order valence-electron chi connectivity index (χ3n) is 11.2. The molecule has 2 saturated carbocycles. The molecule has 0 amide bonds. The Labute approximate surface area is 373 Å². The second-order valence-corrected chi connectivity index (χ2v) is 16.9. The van der Waals surface area contributed by atoms with E-state index in [1.54, 1.807) is 53.7 Å². The fraction of sp³-hybridized carbons (Fsp3) is 0.449. The first-order valence-corrected chi connectivity index (χ1v) is 23.0. The van der Waals surface area contributed by atoms with Gasteiger partial charge in [-0.3, -0.25) is 9.59 Å². The Morgan fingerprint density at radius 1 is 0.794 bits per heavy atom. The third-order valence-corrected chi connectivity index (χ3v) is 12.2. The van der Waals surface area contributed by atoms with Crippen LogP contribution in [-0.2, 0) is 23.9 Å². The van der Waals surface area contributed by atoms with Crippen LogP contribution < -0.4 is 19.2 Å². The largest absolute Gasteiger partial charge is 0.494 e. The summed E-state index contributed by atoms with van der Waals surface area (Å²) in [5.74, 6) is -0.603. The lowest BCUT2D eigenvalue weighted by molar-refractivity contribution is -0.141. The molecule has 0 bridgehead atoms. The number of thiazole rings is 1. The van der Waals surface area contributed by atoms with E-state index in [1.165, 1.54) is 11.3 Å². The summed E-state index contributed by atoms with van der Waals surface area (Å²) >= 11 is 1.50. The minimum absolute atomic E-state index is 0.155. The zero-order chi connectivity index (χ0) is 44.2. The summed E-state index contributed by atoms with van der Waals surface area (Å²) in [6, 6.07) is 21.9. The number of aromatic nitrogens is 1. The van der Waals surface area contributed by atoms with Gasteiger partial charge in [-0.25, -0.2) is 19.6 Å². The van der Waals surface area contributed by atoms with Crippen molar-refractivity contribution in [2.45, 2.75) is 109 Å². The number of para-hydroxylation sites is 1. The molecule has 0 radical (unpaired) electrons. The van der Waals surface area contributed by atoms with Crippen molar-refractivity contribution in [3.05, 3.63) is 90.5 Å². The molecular weight excluding hydrogens is 821 g/mol. The number of ether oxygens (including phenoxy) is 5. The number of nitriles is 1. The van der Waals surface area contributed by atoms with E-state index in [2.05, 4.69) is 12.6 Å². The molecule has 0 unspecified atom stereocenters. The fourth-order valence-electron chi connectivity index (χ4n) is 7.62. The Morgan fingerprint density at radius 3 is 2.21 bits per heavy atom. The van der Waals surface area contributed by atoms with Crippen LogP contribution in [0.5, 0.6) is 17.2 Å². The van der Waals surface area contributed by atoms with Crippen molar-refractivity contribution < 1.29 is 42.9 Å². The van der Waals surface area contributed by atoms with E-state index in [4.69, 9.17) is 39.0 Å². The topological polar surface area (TPSA) is 167 Å². The molecule has 13 nitrogen and oxygen atoms in total. The smallest absolute Gasteiger partial charge is 0.339 e. The minimum atomic E-state index is -0.540. The summed E-state index contributed by atoms with van der Waals surface area (Å²) in [7, 11) is 0. The molecule has 0 spiro atoms. The Bertz CT molecular complexity index is 2190. The van der Waals surface area contributed by atoms with E-state index >= 15 is 0 Å². The molecule has 0 atom stereocenters. The van der Waals surface area contributed by atoms with Gasteiger partial charge in [0.05, 0.1) is 53.1 Å². The van der Waals surface area contributed by atoms with Gasteiger partial charge in [0, 0.05) is 24.6 Å². The normalized spacial score (nSPS) is 16.5. The number of fused-ring (bicyclic) bond motifs is 1. The van der Waals surface area contributed by atoms with E-state index in [0.29, 0.717) is 92.6 Å². The maximum atomic E-state index is 13.9. The number of unbranched alkanes of at least 4 members (excludes halogenated alkanes) is 5. The Kier molecular flexibility index (Phi) is 18.1. The van der Waals surface area contributed by atoms with Crippen LogP contribution in [0.1, 0.15) is 119 Å². The van der Waals surface area contributed by atoms with Gasteiger partial charge in [0.2, 0.25) is 5.13 Å². The van der Waals surface area contributed by atoms with Crippen molar-refractivity contribution >= 4 is 56.8 Å². The molecule has 0 aliphatic heterocycles. The predicted molar refractivity (Wildman–Crippen MR) is 241 cm³/mol. The number of hydrazone groups is 1. The molecule has 2 fully saturated rings.